The van der Waals surface area contributed by atoms with Gasteiger partial charge in [0.2, 0.25) is 0 Å². The highest BCUT2D eigenvalue weighted by Gasteiger charge is 2.34. The van der Waals surface area contributed by atoms with Crippen molar-refractivity contribution in [2.45, 2.75) is 71.0 Å². The lowest BCUT2D eigenvalue weighted by Crippen LogP contribution is -2.39. The number of unbranched alkanes of at least 4 members (excludes halogenated alkanes) is 5. The quantitative estimate of drug-likeness (QED) is 0.280. The van der Waals surface area contributed by atoms with Gasteiger partial charge in [0, 0.05) is 20.1 Å². The van der Waals surface area contributed by atoms with Crippen LogP contribution in [0.4, 0.5) is 0 Å². The minimum atomic E-state index is -0.599. The molecule has 2 heteroatoms. The van der Waals surface area contributed by atoms with Crippen LogP contribution in [0.3, 0.4) is 0 Å². The summed E-state index contributed by atoms with van der Waals surface area (Å²) in [6.07, 6.45) is 12.0. The molecule has 0 N–H and O–H groups in total. The zero-order chi connectivity index (χ0) is 13.9. The van der Waals surface area contributed by atoms with Gasteiger partial charge in [-0.25, -0.2) is 0 Å². The van der Waals surface area contributed by atoms with Gasteiger partial charge < -0.3 is 9.47 Å². The zero-order valence-electron chi connectivity index (χ0n) is 12.8. The van der Waals surface area contributed by atoms with E-state index in [0.717, 1.165) is 12.8 Å². The fourth-order valence-electron chi connectivity index (χ4n) is 2.61. The maximum atomic E-state index is 5.54. The van der Waals surface area contributed by atoms with Gasteiger partial charge in [-0.2, -0.15) is 0 Å². The number of ether oxygens (including phenoxy) is 2. The van der Waals surface area contributed by atoms with Gasteiger partial charge in [-0.15, -0.1) is 0 Å². The second-order valence-electron chi connectivity index (χ2n) is 5.00. The Kier molecular flexibility index (Phi) is 10.4. The molecule has 0 heterocycles. The molecule has 0 spiro atoms. The zero-order valence-corrected chi connectivity index (χ0v) is 12.8. The van der Waals surface area contributed by atoms with E-state index < -0.39 is 5.79 Å². The maximum absolute atomic E-state index is 5.54. The highest BCUT2D eigenvalue weighted by molar-refractivity contribution is 4.94. The van der Waals surface area contributed by atoms with Crippen molar-refractivity contribution in [3.8, 4) is 0 Å². The SMILES string of the molecule is C=CC(OC)(OC)C(CC)CCCCCCCC. The molecule has 18 heavy (non-hydrogen) atoms. The third kappa shape index (κ3) is 5.53. The van der Waals surface area contributed by atoms with E-state index in [0.29, 0.717) is 5.92 Å². The van der Waals surface area contributed by atoms with Crippen LogP contribution in [0.15, 0.2) is 12.7 Å². The Morgan fingerprint density at radius 1 is 1.00 bits per heavy atom. The molecule has 0 fully saturated rings. The fraction of sp³-hybridized carbons (Fsp3) is 0.875. The van der Waals surface area contributed by atoms with Crippen molar-refractivity contribution in [3.63, 3.8) is 0 Å². The Morgan fingerprint density at radius 3 is 2.00 bits per heavy atom. The lowest BCUT2D eigenvalue weighted by atomic mass is 9.89. The number of hydrogen-bond donors (Lipinski definition) is 0. The van der Waals surface area contributed by atoms with Crippen LogP contribution in [0.25, 0.3) is 0 Å². The van der Waals surface area contributed by atoms with E-state index in [9.17, 15) is 0 Å². The van der Waals surface area contributed by atoms with E-state index in [4.69, 9.17) is 9.47 Å². The molecule has 2 nitrogen and oxygen atoms in total. The monoisotopic (exact) mass is 256 g/mol. The molecule has 108 valence electrons. The normalized spacial score (nSPS) is 13.6. The predicted molar refractivity (Wildman–Crippen MR) is 78.7 cm³/mol. The summed E-state index contributed by atoms with van der Waals surface area (Å²) in [7, 11) is 3.41. The average Bonchev–Trinajstić information content (AvgIpc) is 2.42. The largest absolute Gasteiger partial charge is 0.349 e. The van der Waals surface area contributed by atoms with E-state index in [1.807, 2.05) is 0 Å². The van der Waals surface area contributed by atoms with Crippen molar-refractivity contribution in [3.05, 3.63) is 12.7 Å². The van der Waals surface area contributed by atoms with Gasteiger partial charge in [-0.3, -0.25) is 0 Å². The van der Waals surface area contributed by atoms with Crippen molar-refractivity contribution in [2.75, 3.05) is 14.2 Å². The van der Waals surface area contributed by atoms with Crippen LogP contribution in [0, 0.1) is 5.92 Å². The van der Waals surface area contributed by atoms with Gasteiger partial charge in [0.25, 0.3) is 0 Å². The Balaban J connectivity index is 4.05. The summed E-state index contributed by atoms with van der Waals surface area (Å²) in [4.78, 5) is 0. The Morgan fingerprint density at radius 2 is 1.56 bits per heavy atom. The number of hydrogen-bond acceptors (Lipinski definition) is 2. The minimum absolute atomic E-state index is 0.399. The molecule has 0 bridgehead atoms. The molecule has 0 aliphatic carbocycles. The topological polar surface area (TPSA) is 18.5 Å². The van der Waals surface area contributed by atoms with Crippen molar-refractivity contribution in [1.82, 2.24) is 0 Å². The standard InChI is InChI=1S/C16H32O2/c1-6-9-10-11-12-13-14-15(7-2)16(8-3,17-4)18-5/h8,15H,3,6-7,9-14H2,1-2,4-5H3. The van der Waals surface area contributed by atoms with Crippen LogP contribution in [-0.4, -0.2) is 20.0 Å². The summed E-state index contributed by atoms with van der Waals surface area (Å²) in [5.41, 5.74) is 0. The second-order valence-corrected chi connectivity index (χ2v) is 5.00. The minimum Gasteiger partial charge on any atom is -0.349 e. The van der Waals surface area contributed by atoms with Crippen LogP contribution in [-0.2, 0) is 9.47 Å². The Labute approximate surface area is 114 Å². The van der Waals surface area contributed by atoms with Crippen LogP contribution in [0.2, 0.25) is 0 Å². The lowest BCUT2D eigenvalue weighted by molar-refractivity contribution is -0.206. The maximum Gasteiger partial charge on any atom is 0.189 e. The van der Waals surface area contributed by atoms with Gasteiger partial charge in [0.05, 0.1) is 0 Å². The predicted octanol–water partition coefficient (Wildman–Crippen LogP) is 4.94. The first-order valence-corrected chi connectivity index (χ1v) is 7.44. The van der Waals surface area contributed by atoms with Crippen LogP contribution < -0.4 is 0 Å². The highest BCUT2D eigenvalue weighted by atomic mass is 16.7. The van der Waals surface area contributed by atoms with Crippen LogP contribution in [0.1, 0.15) is 65.2 Å². The first-order chi connectivity index (χ1) is 8.70. The Hall–Kier alpha value is -0.340. The smallest absolute Gasteiger partial charge is 0.189 e. The molecule has 0 aliphatic heterocycles. The average molecular weight is 256 g/mol. The summed E-state index contributed by atoms with van der Waals surface area (Å²) in [5, 5.41) is 0. The van der Waals surface area contributed by atoms with E-state index in [2.05, 4.69) is 20.4 Å². The molecule has 0 aromatic carbocycles. The van der Waals surface area contributed by atoms with Crippen molar-refractivity contribution >= 4 is 0 Å². The molecule has 0 saturated heterocycles. The van der Waals surface area contributed by atoms with Crippen LogP contribution >= 0.6 is 0 Å². The van der Waals surface area contributed by atoms with Gasteiger partial charge in [0.1, 0.15) is 0 Å². The summed E-state index contributed by atoms with van der Waals surface area (Å²) in [6.45, 7) is 8.31. The molecule has 0 aromatic rings. The second kappa shape index (κ2) is 10.6. The molecule has 0 saturated carbocycles. The fourth-order valence-corrected chi connectivity index (χ4v) is 2.61. The van der Waals surface area contributed by atoms with E-state index in [1.54, 1.807) is 20.3 Å². The summed E-state index contributed by atoms with van der Waals surface area (Å²) >= 11 is 0. The molecule has 0 radical (unpaired) electrons. The molecule has 1 unspecified atom stereocenters. The summed E-state index contributed by atoms with van der Waals surface area (Å²) < 4.78 is 11.1. The van der Waals surface area contributed by atoms with Gasteiger partial charge in [-0.1, -0.05) is 59.0 Å². The van der Waals surface area contributed by atoms with Gasteiger partial charge >= 0.3 is 0 Å². The van der Waals surface area contributed by atoms with Gasteiger partial charge in [-0.05, 0) is 18.9 Å². The van der Waals surface area contributed by atoms with E-state index in [-0.39, 0.29) is 0 Å². The third-order valence-corrected chi connectivity index (χ3v) is 3.89. The van der Waals surface area contributed by atoms with Crippen molar-refractivity contribution in [2.24, 2.45) is 5.92 Å². The molecule has 0 rings (SSSR count). The van der Waals surface area contributed by atoms with E-state index in [1.165, 1.54) is 38.5 Å². The molecular formula is C16H32O2. The molecule has 0 aromatic heterocycles. The molecule has 0 amide bonds. The Bertz CT molecular complexity index is 197. The first kappa shape index (κ1) is 17.7. The summed E-state index contributed by atoms with van der Waals surface area (Å²) in [6, 6.07) is 0. The molecule has 1 atom stereocenters. The lowest BCUT2D eigenvalue weighted by Gasteiger charge is -2.35. The highest BCUT2D eigenvalue weighted by Crippen LogP contribution is 2.31. The van der Waals surface area contributed by atoms with E-state index >= 15 is 0 Å². The van der Waals surface area contributed by atoms with Gasteiger partial charge in [0.15, 0.2) is 5.79 Å². The van der Waals surface area contributed by atoms with Crippen LogP contribution in [0.5, 0.6) is 0 Å². The van der Waals surface area contributed by atoms with Crippen molar-refractivity contribution < 1.29 is 9.47 Å². The number of methoxy groups -OCH3 is 2. The number of rotatable bonds is 12. The molecule has 0 aliphatic rings. The molecular weight excluding hydrogens is 224 g/mol. The summed E-state index contributed by atoms with van der Waals surface area (Å²) in [5.74, 6) is -0.200. The van der Waals surface area contributed by atoms with Crippen molar-refractivity contribution in [1.29, 1.82) is 0 Å². The third-order valence-electron chi connectivity index (χ3n) is 3.89. The first-order valence-electron chi connectivity index (χ1n) is 7.44.